The van der Waals surface area contributed by atoms with Crippen LogP contribution < -0.4 is 10.1 Å². The lowest BCUT2D eigenvalue weighted by atomic mass is 10.2. The van der Waals surface area contributed by atoms with Crippen molar-refractivity contribution < 1.29 is 19.4 Å². The molecule has 0 bridgehead atoms. The number of hydrogen-bond acceptors (Lipinski definition) is 4. The maximum absolute atomic E-state index is 12.0. The predicted octanol–water partition coefficient (Wildman–Crippen LogP) is 2.13. The average Bonchev–Trinajstić information content (AvgIpc) is 2.87. The van der Waals surface area contributed by atoms with Gasteiger partial charge < -0.3 is 15.2 Å². The molecule has 0 aliphatic rings. The van der Waals surface area contributed by atoms with E-state index in [1.165, 1.54) is 13.2 Å². The number of hydrogen-bond donors (Lipinski definition) is 3. The number of ether oxygens (including phenoxy) is 1. The maximum atomic E-state index is 12.0. The number of carboxylic acids is 1. The van der Waals surface area contributed by atoms with Crippen LogP contribution in [0.3, 0.4) is 0 Å². The first-order chi connectivity index (χ1) is 9.51. The van der Waals surface area contributed by atoms with Crippen molar-refractivity contribution in [2.75, 3.05) is 12.4 Å². The summed E-state index contributed by atoms with van der Waals surface area (Å²) in [5.41, 5.74) is 0.286. The Morgan fingerprint density at radius 1 is 1.40 bits per heavy atom. The highest BCUT2D eigenvalue weighted by molar-refractivity contribution is 9.10. The number of H-pyrrole nitrogens is 1. The molecular weight excluding hydrogens is 330 g/mol. The second kappa shape index (κ2) is 5.74. The zero-order valence-corrected chi connectivity index (χ0v) is 11.9. The molecule has 1 amide bonds. The van der Waals surface area contributed by atoms with Gasteiger partial charge in [0.2, 0.25) is 0 Å². The summed E-state index contributed by atoms with van der Waals surface area (Å²) in [6.45, 7) is 0. The maximum Gasteiger partial charge on any atom is 0.353 e. The molecule has 7 nitrogen and oxygen atoms in total. The van der Waals surface area contributed by atoms with Crippen LogP contribution in [-0.2, 0) is 0 Å². The van der Waals surface area contributed by atoms with E-state index in [4.69, 9.17) is 9.84 Å². The van der Waals surface area contributed by atoms with Crippen LogP contribution in [0.5, 0.6) is 5.75 Å². The van der Waals surface area contributed by atoms with Crippen molar-refractivity contribution in [2.45, 2.75) is 0 Å². The lowest BCUT2D eigenvalue weighted by molar-refractivity contribution is 0.0690. The van der Waals surface area contributed by atoms with Gasteiger partial charge in [0.25, 0.3) is 5.91 Å². The number of carbonyl (C=O) groups excluding carboxylic acids is 1. The Balaban J connectivity index is 2.15. The molecule has 8 heteroatoms. The first-order valence-electron chi connectivity index (χ1n) is 5.45. The van der Waals surface area contributed by atoms with Crippen molar-refractivity contribution in [3.63, 3.8) is 0 Å². The van der Waals surface area contributed by atoms with Gasteiger partial charge in [-0.1, -0.05) is 0 Å². The van der Waals surface area contributed by atoms with Crippen LogP contribution in [0.25, 0.3) is 0 Å². The monoisotopic (exact) mass is 339 g/mol. The number of carboxylic acid groups (broad SMARTS) is 1. The van der Waals surface area contributed by atoms with E-state index in [1.54, 1.807) is 18.2 Å². The molecule has 0 aliphatic heterocycles. The highest BCUT2D eigenvalue weighted by Gasteiger charge is 2.12. The van der Waals surface area contributed by atoms with Gasteiger partial charge in [-0.05, 0) is 34.1 Å². The molecule has 104 valence electrons. The standard InChI is InChI=1S/C12H10BrN3O4/c1-20-9-3-2-6(4-7(9)13)11(17)14-10-5-8(12(18)19)15-16-10/h2-5H,1H3,(H,18,19)(H2,14,15,16,17). The number of rotatable bonds is 4. The lowest BCUT2D eigenvalue weighted by Crippen LogP contribution is -2.12. The van der Waals surface area contributed by atoms with E-state index in [9.17, 15) is 9.59 Å². The van der Waals surface area contributed by atoms with E-state index in [2.05, 4.69) is 31.4 Å². The zero-order chi connectivity index (χ0) is 14.7. The second-order valence-corrected chi connectivity index (χ2v) is 4.63. The third-order valence-electron chi connectivity index (χ3n) is 2.46. The van der Waals surface area contributed by atoms with Crippen molar-refractivity contribution in [3.8, 4) is 5.75 Å². The van der Waals surface area contributed by atoms with Gasteiger partial charge in [0.1, 0.15) is 11.4 Å². The largest absolute Gasteiger partial charge is 0.496 e. The summed E-state index contributed by atoms with van der Waals surface area (Å²) in [5, 5.41) is 17.2. The second-order valence-electron chi connectivity index (χ2n) is 3.78. The summed E-state index contributed by atoms with van der Waals surface area (Å²) in [7, 11) is 1.52. The fraction of sp³-hybridized carbons (Fsp3) is 0.0833. The first kappa shape index (κ1) is 14.1. The third kappa shape index (κ3) is 2.97. The number of halogens is 1. The number of nitrogens with zero attached hydrogens (tertiary/aromatic N) is 1. The molecule has 3 N–H and O–H groups in total. The minimum atomic E-state index is -1.15. The number of nitrogens with one attached hydrogen (secondary N) is 2. The van der Waals surface area contributed by atoms with Gasteiger partial charge in [0, 0.05) is 11.6 Å². The molecule has 0 saturated heterocycles. The van der Waals surface area contributed by atoms with Gasteiger partial charge in [0.15, 0.2) is 5.82 Å². The van der Waals surface area contributed by atoms with Crippen molar-refractivity contribution >= 4 is 33.6 Å². The lowest BCUT2D eigenvalue weighted by Gasteiger charge is -2.06. The van der Waals surface area contributed by atoms with Crippen LogP contribution in [0.2, 0.25) is 0 Å². The Bertz CT molecular complexity index is 668. The molecule has 0 saturated carbocycles. The summed E-state index contributed by atoms with van der Waals surface area (Å²) in [6.07, 6.45) is 0. The molecule has 0 aliphatic carbocycles. The molecule has 0 atom stereocenters. The number of carbonyl (C=O) groups is 2. The summed E-state index contributed by atoms with van der Waals surface area (Å²) >= 11 is 3.28. The Labute approximate surface area is 122 Å². The Morgan fingerprint density at radius 2 is 2.15 bits per heavy atom. The topological polar surface area (TPSA) is 104 Å². The van der Waals surface area contributed by atoms with Crippen molar-refractivity contribution in [1.29, 1.82) is 0 Å². The fourth-order valence-electron chi connectivity index (χ4n) is 1.49. The van der Waals surface area contributed by atoms with E-state index in [0.717, 1.165) is 0 Å². The van der Waals surface area contributed by atoms with Crippen LogP contribution in [0.4, 0.5) is 5.82 Å². The highest BCUT2D eigenvalue weighted by atomic mass is 79.9. The average molecular weight is 340 g/mol. The predicted molar refractivity (Wildman–Crippen MR) is 74.2 cm³/mol. The minimum absolute atomic E-state index is 0.101. The fourth-order valence-corrected chi connectivity index (χ4v) is 2.03. The number of aromatic amines is 1. The molecule has 2 aromatic rings. The van der Waals surface area contributed by atoms with Gasteiger partial charge in [-0.2, -0.15) is 5.10 Å². The van der Waals surface area contributed by atoms with Gasteiger partial charge in [0.05, 0.1) is 11.6 Å². The van der Waals surface area contributed by atoms with Crippen LogP contribution in [0, 0.1) is 0 Å². The molecule has 1 aromatic heterocycles. The van der Waals surface area contributed by atoms with Gasteiger partial charge in [-0.25, -0.2) is 4.79 Å². The van der Waals surface area contributed by atoms with Crippen LogP contribution in [-0.4, -0.2) is 34.3 Å². The van der Waals surface area contributed by atoms with Gasteiger partial charge >= 0.3 is 5.97 Å². The quantitative estimate of drug-likeness (QED) is 0.791. The summed E-state index contributed by atoms with van der Waals surface area (Å²) in [6, 6.07) is 6.06. The molecule has 1 aromatic carbocycles. The Hall–Kier alpha value is -2.35. The normalized spacial score (nSPS) is 10.1. The van der Waals surface area contributed by atoms with Gasteiger partial charge in [-0.15, -0.1) is 0 Å². The van der Waals surface area contributed by atoms with Gasteiger partial charge in [-0.3, -0.25) is 9.89 Å². The van der Waals surface area contributed by atoms with Crippen LogP contribution in [0.1, 0.15) is 20.8 Å². The highest BCUT2D eigenvalue weighted by Crippen LogP contribution is 2.25. The molecule has 1 heterocycles. The first-order valence-corrected chi connectivity index (χ1v) is 6.24. The number of benzene rings is 1. The van der Waals surface area contributed by atoms with Crippen LogP contribution >= 0.6 is 15.9 Å². The van der Waals surface area contributed by atoms with Crippen LogP contribution in [0.15, 0.2) is 28.7 Å². The third-order valence-corrected chi connectivity index (χ3v) is 3.08. The Kier molecular flexibility index (Phi) is 4.04. The number of methoxy groups -OCH3 is 1. The molecule has 0 unspecified atom stereocenters. The summed E-state index contributed by atoms with van der Waals surface area (Å²) < 4.78 is 5.71. The molecular formula is C12H10BrN3O4. The molecule has 20 heavy (non-hydrogen) atoms. The molecule has 0 radical (unpaired) electrons. The number of anilines is 1. The van der Waals surface area contributed by atoms with E-state index < -0.39 is 11.9 Å². The number of aromatic nitrogens is 2. The molecule has 0 fully saturated rings. The SMILES string of the molecule is COc1ccc(C(=O)Nc2cc(C(=O)O)[nH]n2)cc1Br. The van der Waals surface area contributed by atoms with Crippen molar-refractivity contribution in [2.24, 2.45) is 0 Å². The van der Waals surface area contributed by atoms with Crippen molar-refractivity contribution in [1.82, 2.24) is 10.2 Å². The van der Waals surface area contributed by atoms with E-state index in [-0.39, 0.29) is 11.5 Å². The molecule has 2 rings (SSSR count). The minimum Gasteiger partial charge on any atom is -0.496 e. The molecule has 0 spiro atoms. The zero-order valence-electron chi connectivity index (χ0n) is 10.3. The smallest absolute Gasteiger partial charge is 0.353 e. The van der Waals surface area contributed by atoms with E-state index >= 15 is 0 Å². The van der Waals surface area contributed by atoms with E-state index in [1.807, 2.05) is 0 Å². The number of amides is 1. The summed E-state index contributed by atoms with van der Waals surface area (Å²) in [5.74, 6) is -0.809. The number of aromatic carboxylic acids is 1. The van der Waals surface area contributed by atoms with Crippen molar-refractivity contribution in [3.05, 3.63) is 40.0 Å². The van der Waals surface area contributed by atoms with E-state index in [0.29, 0.717) is 15.8 Å². The Morgan fingerprint density at radius 3 is 2.70 bits per heavy atom. The summed E-state index contributed by atoms with van der Waals surface area (Å²) in [4.78, 5) is 22.7.